The maximum absolute atomic E-state index is 14.9. The van der Waals surface area contributed by atoms with E-state index in [2.05, 4.69) is 72.8 Å². The van der Waals surface area contributed by atoms with Crippen LogP contribution in [0, 0.1) is 0 Å². The van der Waals surface area contributed by atoms with E-state index in [0.29, 0.717) is 51.7 Å². The van der Waals surface area contributed by atoms with Gasteiger partial charge in [0.15, 0.2) is 0 Å². The zero-order valence-electron chi connectivity index (χ0n) is 43.9. The Morgan fingerprint density at radius 2 is 0.938 bits per heavy atom. The number of carbonyl (C=O) groups excluding carboxylic acids is 8. The van der Waals surface area contributed by atoms with Crippen LogP contribution in [0.25, 0.3) is 10.9 Å². The summed E-state index contributed by atoms with van der Waals surface area (Å²) in [6, 6.07) is 18.5. The van der Waals surface area contributed by atoms with Gasteiger partial charge in [0.05, 0.1) is 6.10 Å². The van der Waals surface area contributed by atoms with Crippen molar-refractivity contribution in [2.24, 2.45) is 11.5 Å². The van der Waals surface area contributed by atoms with Crippen molar-refractivity contribution in [3.05, 3.63) is 138 Å². The number of nitrogens with one attached hydrogen (secondary N) is 9. The number of amides is 9. The van der Waals surface area contributed by atoms with E-state index < -0.39 is 108 Å². The molecule has 23 nitrogen and oxygen atoms in total. The molecule has 5 aromatic rings. The number of urea groups is 1. The third kappa shape index (κ3) is 19.3. The van der Waals surface area contributed by atoms with Gasteiger partial charge in [-0.25, -0.2) is 9.59 Å². The molecule has 0 fully saturated rings. The fourth-order valence-corrected chi connectivity index (χ4v) is 9.05. The summed E-state index contributed by atoms with van der Waals surface area (Å²) in [6.07, 6.45) is 0.260. The number of H-pyrrole nitrogens is 1. The molecule has 5 rings (SSSR count). The number of nitrogen functional groups attached to an aromatic ring is 1. The van der Waals surface area contributed by atoms with Gasteiger partial charge in [-0.3, -0.25) is 33.6 Å². The molecule has 9 atom stereocenters. The second kappa shape index (κ2) is 31.5. The molecule has 0 aliphatic heterocycles. The van der Waals surface area contributed by atoms with Crippen LogP contribution in [0.1, 0.15) is 48.4 Å². The SMILES string of the molecule is C[C@@H](O)[C@H](NC(=O)[C@H](CCCCN)NC(=O)[C@@H](Cc1c[nH]c2ccccc12)NC(=O)[C@H](Cc1ccc(N)cc1)NC(=O)[C@H](Cc1ccccc1)NC(=O)[C@H](CS)NC(N)=O)C(=O)N[C@@H](Cc1ccccc1)C(=O)N[C@@H](CS)C(=O)O. The van der Waals surface area contributed by atoms with Gasteiger partial charge in [0, 0.05) is 60.0 Å². The Kier molecular flexibility index (Phi) is 24.7. The minimum Gasteiger partial charge on any atom is -0.480 e. The minimum atomic E-state index is -1.72. The van der Waals surface area contributed by atoms with Crippen molar-refractivity contribution >= 4 is 95.2 Å². The number of carbonyl (C=O) groups is 9. The number of aliphatic hydroxyl groups excluding tert-OH is 1. The van der Waals surface area contributed by atoms with Gasteiger partial charge in [-0.15, -0.1) is 0 Å². The zero-order valence-corrected chi connectivity index (χ0v) is 45.7. The lowest BCUT2D eigenvalue weighted by Gasteiger charge is -2.29. The van der Waals surface area contributed by atoms with Gasteiger partial charge >= 0.3 is 12.0 Å². The van der Waals surface area contributed by atoms with Gasteiger partial charge in [0.1, 0.15) is 48.3 Å². The van der Waals surface area contributed by atoms with Crippen molar-refractivity contribution in [2.45, 2.75) is 106 Å². The van der Waals surface area contributed by atoms with Gasteiger partial charge in [-0.05, 0) is 73.2 Å². The number of hydrogen-bond acceptors (Lipinski definition) is 14. The van der Waals surface area contributed by atoms with Crippen LogP contribution in [-0.2, 0) is 64.0 Å². The zero-order chi connectivity index (χ0) is 58.3. The highest BCUT2D eigenvalue weighted by molar-refractivity contribution is 7.80. The fourth-order valence-electron chi connectivity index (χ4n) is 8.54. The van der Waals surface area contributed by atoms with Crippen LogP contribution in [-0.4, -0.2) is 141 Å². The molecular formula is C55H70N12O11S2. The molecule has 0 spiro atoms. The van der Waals surface area contributed by atoms with Gasteiger partial charge in [0.2, 0.25) is 41.4 Å². The Balaban J connectivity index is 1.47. The van der Waals surface area contributed by atoms with Crippen LogP contribution < -0.4 is 59.7 Å². The van der Waals surface area contributed by atoms with Crippen molar-refractivity contribution in [1.82, 2.24) is 47.5 Å². The lowest BCUT2D eigenvalue weighted by molar-refractivity contribution is -0.141. The molecule has 17 N–H and O–H groups in total. The molecule has 0 radical (unpaired) electrons. The number of rotatable bonds is 31. The number of unbranched alkanes of at least 4 members (excludes halogenated alkanes) is 1. The first-order chi connectivity index (χ1) is 38.3. The maximum Gasteiger partial charge on any atom is 0.327 e. The number of anilines is 1. The molecule has 428 valence electrons. The molecular weight excluding hydrogens is 1070 g/mol. The van der Waals surface area contributed by atoms with Crippen molar-refractivity contribution in [2.75, 3.05) is 23.8 Å². The normalized spacial score (nSPS) is 14.5. The van der Waals surface area contributed by atoms with Gasteiger partial charge in [-0.2, -0.15) is 25.3 Å². The number of para-hydroxylation sites is 1. The Hall–Kier alpha value is -8.13. The summed E-state index contributed by atoms with van der Waals surface area (Å²) in [7, 11) is 0. The van der Waals surface area contributed by atoms with Gasteiger partial charge < -0.3 is 74.9 Å². The summed E-state index contributed by atoms with van der Waals surface area (Å²) in [5.41, 5.74) is 20.6. The highest BCUT2D eigenvalue weighted by Gasteiger charge is 2.36. The Labute approximate surface area is 473 Å². The van der Waals surface area contributed by atoms with Crippen LogP contribution in [0.2, 0.25) is 0 Å². The third-order valence-electron chi connectivity index (χ3n) is 12.9. The van der Waals surface area contributed by atoms with Crippen molar-refractivity contribution in [3.63, 3.8) is 0 Å². The Bertz CT molecular complexity index is 2900. The highest BCUT2D eigenvalue weighted by atomic mass is 32.1. The van der Waals surface area contributed by atoms with E-state index in [1.165, 1.54) is 6.92 Å². The van der Waals surface area contributed by atoms with Crippen LogP contribution >= 0.6 is 25.3 Å². The fraction of sp³-hybridized carbons (Fsp3) is 0.364. The molecule has 0 aliphatic carbocycles. The topological polar surface area (TPSA) is 384 Å². The summed E-state index contributed by atoms with van der Waals surface area (Å²) in [6.45, 7) is 1.45. The first kappa shape index (κ1) is 62.7. The van der Waals surface area contributed by atoms with Crippen LogP contribution in [0.5, 0.6) is 0 Å². The molecule has 0 bridgehead atoms. The predicted molar refractivity (Wildman–Crippen MR) is 307 cm³/mol. The lowest BCUT2D eigenvalue weighted by Crippen LogP contribution is -2.62. The van der Waals surface area contributed by atoms with Crippen molar-refractivity contribution in [3.8, 4) is 0 Å². The van der Waals surface area contributed by atoms with E-state index in [-0.39, 0.29) is 50.2 Å². The average Bonchev–Trinajstić information content (AvgIpc) is 3.89. The number of hydrogen-bond donors (Lipinski definition) is 16. The molecule has 0 unspecified atom stereocenters. The van der Waals surface area contributed by atoms with Crippen LogP contribution in [0.4, 0.5) is 10.5 Å². The maximum atomic E-state index is 14.9. The van der Waals surface area contributed by atoms with Crippen LogP contribution in [0.15, 0.2) is 115 Å². The number of fused-ring (bicyclic) bond motifs is 1. The summed E-state index contributed by atoms with van der Waals surface area (Å²) >= 11 is 8.19. The number of carboxylic acids is 1. The smallest absolute Gasteiger partial charge is 0.327 e. The molecule has 25 heteroatoms. The summed E-state index contributed by atoms with van der Waals surface area (Å²) in [4.78, 5) is 127. The summed E-state index contributed by atoms with van der Waals surface area (Å²) in [5.74, 6) is -7.93. The number of carboxylic acid groups (broad SMARTS) is 1. The summed E-state index contributed by atoms with van der Waals surface area (Å²) in [5, 5.41) is 42.0. The number of primary amides is 1. The molecule has 0 aliphatic rings. The third-order valence-corrected chi connectivity index (χ3v) is 13.6. The minimum absolute atomic E-state index is 0.0383. The van der Waals surface area contributed by atoms with E-state index in [0.717, 1.165) is 0 Å². The van der Waals surface area contributed by atoms with Gasteiger partial charge in [0.25, 0.3) is 0 Å². The molecule has 1 aromatic heterocycles. The highest BCUT2D eigenvalue weighted by Crippen LogP contribution is 2.20. The molecule has 4 aromatic carbocycles. The second-order valence-electron chi connectivity index (χ2n) is 19.0. The lowest BCUT2D eigenvalue weighted by atomic mass is 10.00. The molecule has 9 amide bonds. The number of aliphatic carboxylic acids is 1. The van der Waals surface area contributed by atoms with Crippen LogP contribution in [0.3, 0.4) is 0 Å². The number of benzene rings is 4. The second-order valence-corrected chi connectivity index (χ2v) is 19.8. The number of nitrogens with two attached hydrogens (primary N) is 3. The average molecular weight is 1140 g/mol. The number of aromatic amines is 1. The van der Waals surface area contributed by atoms with E-state index in [9.17, 15) is 53.4 Å². The Morgan fingerprint density at radius 3 is 1.41 bits per heavy atom. The molecule has 1 heterocycles. The predicted octanol–water partition coefficient (Wildman–Crippen LogP) is -0.0948. The molecule has 0 saturated carbocycles. The number of aromatic nitrogens is 1. The molecule has 0 saturated heterocycles. The number of thiol groups is 2. The quantitative estimate of drug-likeness (QED) is 0.0157. The first-order valence-corrected chi connectivity index (χ1v) is 27.1. The van der Waals surface area contributed by atoms with Crippen molar-refractivity contribution < 1.29 is 53.4 Å². The first-order valence-electron chi connectivity index (χ1n) is 25.8. The van der Waals surface area contributed by atoms with Crippen molar-refractivity contribution in [1.29, 1.82) is 0 Å². The van der Waals surface area contributed by atoms with E-state index >= 15 is 0 Å². The Morgan fingerprint density at radius 1 is 0.512 bits per heavy atom. The monoisotopic (exact) mass is 1140 g/mol. The van der Waals surface area contributed by atoms with E-state index in [1.807, 2.05) is 12.1 Å². The standard InChI is InChI=1S/C55H70N12O11S2/c1-31(68)46(53(75)64-42(25-33-14-6-3-7-15-33)50(72)65-45(30-80)54(76)77)67-47(69)39(18-10-11-23-56)60-51(73)43(27-35-28-59-38-17-9-8-16-37(35)38)63-49(71)41(26-34-19-21-36(57)22-20-34)61-48(70)40(24-32-12-4-2-5-13-32)62-52(74)44(29-79)66-55(58)78/h2-9,12-17,19-22,28,31,39-46,59,68,79-80H,10-11,18,23-27,29-30,56-57H2,1H3,(H,60,73)(H,61,70)(H,62,74)(H,63,71)(H,64,75)(H,65,72)(H,67,69)(H,76,77)(H3,58,66,78)/t31-,39+,40+,41+,42+,43-,44+,45+,46+/m1/s1. The summed E-state index contributed by atoms with van der Waals surface area (Å²) < 4.78 is 0. The van der Waals surface area contributed by atoms with E-state index in [1.54, 1.807) is 103 Å². The van der Waals surface area contributed by atoms with E-state index in [4.69, 9.17) is 17.2 Å². The number of aliphatic hydroxyl groups is 1. The molecule has 80 heavy (non-hydrogen) atoms. The largest absolute Gasteiger partial charge is 0.480 e. The van der Waals surface area contributed by atoms with Gasteiger partial charge in [-0.1, -0.05) is 91.0 Å².